The second-order valence-corrected chi connectivity index (χ2v) is 7.89. The fraction of sp³-hybridized carbons (Fsp3) is 0.273. The predicted molar refractivity (Wildman–Crippen MR) is 126 cm³/mol. The molecule has 170 valence electrons. The Morgan fingerprint density at radius 2 is 2.09 bits per heavy atom. The second kappa shape index (κ2) is 9.99. The first kappa shape index (κ1) is 22.7. The highest BCUT2D eigenvalue weighted by molar-refractivity contribution is 6.30. The number of halogens is 1. The minimum absolute atomic E-state index is 0.0645. The maximum Gasteiger partial charge on any atom is 0.251 e. The van der Waals surface area contributed by atoms with Crippen LogP contribution in [0.5, 0.6) is 0 Å². The Morgan fingerprint density at radius 3 is 2.76 bits per heavy atom. The largest absolute Gasteiger partial charge is 0.376 e. The lowest BCUT2D eigenvalue weighted by Gasteiger charge is -2.17. The Morgan fingerprint density at radius 1 is 1.30 bits per heavy atom. The number of ether oxygens (including phenoxy) is 1. The molecule has 3 N–H and O–H groups in total. The molecule has 2 aromatic heterocycles. The molecule has 0 saturated carbocycles. The summed E-state index contributed by atoms with van der Waals surface area (Å²) in [5.41, 5.74) is 5.38. The van der Waals surface area contributed by atoms with Crippen LogP contribution in [0.25, 0.3) is 11.3 Å². The highest BCUT2D eigenvalue weighted by Crippen LogP contribution is 2.23. The summed E-state index contributed by atoms with van der Waals surface area (Å²) in [6.45, 7) is 0.827. The van der Waals surface area contributed by atoms with Crippen LogP contribution in [0.4, 0.5) is 5.95 Å². The molecule has 3 aromatic rings. The number of hydrogen-bond acceptors (Lipinski definition) is 8. The van der Waals surface area contributed by atoms with E-state index in [9.17, 15) is 0 Å². The number of rotatable bonds is 6. The summed E-state index contributed by atoms with van der Waals surface area (Å²) < 4.78 is 6.82. The van der Waals surface area contributed by atoms with E-state index in [0.717, 1.165) is 24.4 Å². The van der Waals surface area contributed by atoms with Crippen LogP contribution >= 0.6 is 11.6 Å². The summed E-state index contributed by atoms with van der Waals surface area (Å²) in [6.07, 6.45) is 3.91. The van der Waals surface area contributed by atoms with Gasteiger partial charge in [-0.15, -0.1) is 0 Å². The zero-order chi connectivity index (χ0) is 23.4. The minimum atomic E-state index is -0.352. The van der Waals surface area contributed by atoms with E-state index in [-0.39, 0.29) is 23.8 Å². The second-order valence-electron chi connectivity index (χ2n) is 7.46. The SMILES string of the molecule is COC(CC(=N)n1ncc(-c2ccnc(N=C3CCNN3C)n2)cc1=N)c1ccc(Cl)cc1. The van der Waals surface area contributed by atoms with E-state index >= 15 is 0 Å². The topological polar surface area (TPSA) is 128 Å². The summed E-state index contributed by atoms with van der Waals surface area (Å²) in [7, 11) is 3.49. The molecule has 0 amide bonds. The highest BCUT2D eigenvalue weighted by atomic mass is 35.5. The Labute approximate surface area is 195 Å². The number of aromatic nitrogens is 4. The first-order chi connectivity index (χ1) is 15.9. The van der Waals surface area contributed by atoms with Gasteiger partial charge in [0, 0.05) is 50.3 Å². The quantitative estimate of drug-likeness (QED) is 0.379. The lowest BCUT2D eigenvalue weighted by atomic mass is 10.1. The van der Waals surface area contributed by atoms with Crippen LogP contribution in [0.1, 0.15) is 24.5 Å². The van der Waals surface area contributed by atoms with E-state index in [4.69, 9.17) is 27.2 Å². The van der Waals surface area contributed by atoms with Crippen LogP contribution in [0.2, 0.25) is 5.02 Å². The fourth-order valence-electron chi connectivity index (χ4n) is 3.46. The van der Waals surface area contributed by atoms with Gasteiger partial charge in [-0.1, -0.05) is 23.7 Å². The summed E-state index contributed by atoms with van der Waals surface area (Å²) >= 11 is 5.96. The average Bonchev–Trinajstić information content (AvgIpc) is 3.22. The molecule has 1 aliphatic heterocycles. The van der Waals surface area contributed by atoms with Gasteiger partial charge in [0.05, 0.1) is 18.0 Å². The summed E-state index contributed by atoms with van der Waals surface area (Å²) in [5, 5.41) is 23.7. The van der Waals surface area contributed by atoms with Gasteiger partial charge in [0.1, 0.15) is 17.2 Å². The molecule has 1 aromatic carbocycles. The fourth-order valence-corrected chi connectivity index (χ4v) is 3.59. The Hall–Kier alpha value is -3.47. The zero-order valence-corrected chi connectivity index (χ0v) is 19.0. The van der Waals surface area contributed by atoms with Crippen LogP contribution in [-0.4, -0.2) is 57.1 Å². The molecular weight excluding hydrogens is 442 g/mol. The third-order valence-electron chi connectivity index (χ3n) is 5.25. The standard InChI is InChI=1S/C22H24ClN9O/c1-31-21(8-10-27-31)30-22-26-9-7-17(29-22)15-11-19(24)32(28-13-15)20(25)12-18(33-2)14-3-5-16(23)6-4-14/h3-7,9,11,13,18,24-25,27H,8,10,12H2,1-2H3. The molecule has 1 unspecified atom stereocenters. The smallest absolute Gasteiger partial charge is 0.251 e. The molecule has 4 rings (SSSR count). The number of aliphatic imine (C=N–C) groups is 1. The number of hydrazine groups is 1. The molecule has 0 radical (unpaired) electrons. The van der Waals surface area contributed by atoms with Crippen LogP contribution < -0.4 is 10.9 Å². The minimum Gasteiger partial charge on any atom is -0.376 e. The maximum absolute atomic E-state index is 8.47. The predicted octanol–water partition coefficient (Wildman–Crippen LogP) is 2.95. The molecule has 33 heavy (non-hydrogen) atoms. The lowest BCUT2D eigenvalue weighted by Crippen LogP contribution is -2.30. The highest BCUT2D eigenvalue weighted by Gasteiger charge is 2.17. The van der Waals surface area contributed by atoms with Crippen molar-refractivity contribution < 1.29 is 4.74 Å². The number of nitrogens with one attached hydrogen (secondary N) is 3. The van der Waals surface area contributed by atoms with Crippen molar-refractivity contribution in [1.82, 2.24) is 30.2 Å². The maximum atomic E-state index is 8.47. The van der Waals surface area contributed by atoms with Crippen molar-refractivity contribution in [3.05, 3.63) is 64.9 Å². The van der Waals surface area contributed by atoms with E-state index in [1.807, 2.05) is 24.2 Å². The van der Waals surface area contributed by atoms with Gasteiger partial charge in [0.2, 0.25) is 0 Å². The third kappa shape index (κ3) is 5.30. The Bertz CT molecular complexity index is 1240. The van der Waals surface area contributed by atoms with Crippen molar-refractivity contribution in [2.24, 2.45) is 4.99 Å². The van der Waals surface area contributed by atoms with Gasteiger partial charge in [-0.3, -0.25) is 15.8 Å². The van der Waals surface area contributed by atoms with Crippen molar-refractivity contribution in [3.63, 3.8) is 0 Å². The van der Waals surface area contributed by atoms with Crippen molar-refractivity contribution in [3.8, 4) is 11.3 Å². The van der Waals surface area contributed by atoms with Crippen LogP contribution in [0.15, 0.2) is 53.8 Å². The van der Waals surface area contributed by atoms with Gasteiger partial charge in [-0.25, -0.2) is 20.1 Å². The number of benzene rings is 1. The molecule has 0 spiro atoms. The number of hydrogen-bond donors (Lipinski definition) is 3. The molecule has 1 fully saturated rings. The van der Waals surface area contributed by atoms with Crippen molar-refractivity contribution in [1.29, 1.82) is 10.8 Å². The number of nitrogens with zero attached hydrogens (tertiary/aromatic N) is 6. The zero-order valence-electron chi connectivity index (χ0n) is 18.3. The summed E-state index contributed by atoms with van der Waals surface area (Å²) in [4.78, 5) is 13.2. The van der Waals surface area contributed by atoms with E-state index in [1.165, 1.54) is 4.68 Å². The molecule has 0 aliphatic carbocycles. The molecule has 1 saturated heterocycles. The Kier molecular flexibility index (Phi) is 6.87. The first-order valence-corrected chi connectivity index (χ1v) is 10.7. The van der Waals surface area contributed by atoms with E-state index in [1.54, 1.807) is 43.8 Å². The monoisotopic (exact) mass is 465 g/mol. The van der Waals surface area contributed by atoms with Gasteiger partial charge in [-0.2, -0.15) is 10.1 Å². The van der Waals surface area contributed by atoms with Crippen molar-refractivity contribution in [2.75, 3.05) is 20.7 Å². The molecular formula is C22H24ClN9O. The summed E-state index contributed by atoms with van der Waals surface area (Å²) in [5.74, 6) is 1.35. The van der Waals surface area contributed by atoms with Gasteiger partial charge >= 0.3 is 0 Å². The summed E-state index contributed by atoms with van der Waals surface area (Å²) in [6, 6.07) is 10.7. The third-order valence-corrected chi connectivity index (χ3v) is 5.50. The van der Waals surface area contributed by atoms with Crippen LogP contribution in [-0.2, 0) is 4.74 Å². The molecule has 1 atom stereocenters. The Balaban J connectivity index is 1.53. The number of amidine groups is 1. The van der Waals surface area contributed by atoms with Crippen molar-refractivity contribution >= 4 is 29.2 Å². The molecule has 10 nitrogen and oxygen atoms in total. The van der Waals surface area contributed by atoms with Gasteiger partial charge < -0.3 is 4.74 Å². The molecule has 1 aliphatic rings. The van der Waals surface area contributed by atoms with Crippen molar-refractivity contribution in [2.45, 2.75) is 18.9 Å². The average molecular weight is 466 g/mol. The van der Waals surface area contributed by atoms with E-state index in [2.05, 4.69) is 25.5 Å². The normalized spacial score (nSPS) is 15.7. The van der Waals surface area contributed by atoms with E-state index < -0.39 is 0 Å². The molecule has 11 heteroatoms. The number of methoxy groups -OCH3 is 1. The molecule has 3 heterocycles. The van der Waals surface area contributed by atoms with E-state index in [0.29, 0.717) is 22.2 Å². The van der Waals surface area contributed by atoms with Crippen LogP contribution in [0, 0.1) is 10.8 Å². The lowest BCUT2D eigenvalue weighted by molar-refractivity contribution is 0.108. The van der Waals surface area contributed by atoms with Gasteiger partial charge in [-0.05, 0) is 29.8 Å². The van der Waals surface area contributed by atoms with Gasteiger partial charge in [0.15, 0.2) is 0 Å². The van der Waals surface area contributed by atoms with Crippen LogP contribution in [0.3, 0.4) is 0 Å². The first-order valence-electron chi connectivity index (χ1n) is 10.3. The van der Waals surface area contributed by atoms with Gasteiger partial charge in [0.25, 0.3) is 5.95 Å². The molecule has 0 bridgehead atoms.